The fourth-order valence-corrected chi connectivity index (χ4v) is 4.21. The Morgan fingerprint density at radius 3 is 2.47 bits per heavy atom. The van der Waals surface area contributed by atoms with Gasteiger partial charge in [0.15, 0.2) is 0 Å². The Labute approximate surface area is 202 Å². The van der Waals surface area contributed by atoms with Gasteiger partial charge in [-0.15, -0.1) is 0 Å². The van der Waals surface area contributed by atoms with Crippen LogP contribution in [0.5, 0.6) is 5.75 Å². The first-order valence-corrected chi connectivity index (χ1v) is 11.2. The zero-order chi connectivity index (χ0) is 23.5. The molecule has 1 amide bonds. The first kappa shape index (κ1) is 21.7. The van der Waals surface area contributed by atoms with E-state index in [0.29, 0.717) is 22.9 Å². The fourth-order valence-electron chi connectivity index (χ4n) is 4.08. The van der Waals surface area contributed by atoms with Crippen molar-refractivity contribution in [2.24, 2.45) is 5.10 Å². The van der Waals surface area contributed by atoms with Crippen LogP contribution in [0.2, 0.25) is 5.02 Å². The number of nitrogens with one attached hydrogen (secondary N) is 1. The van der Waals surface area contributed by atoms with Crippen LogP contribution in [0.25, 0.3) is 21.7 Å². The summed E-state index contributed by atoms with van der Waals surface area (Å²) in [6, 6.07) is 27.4. The second-order valence-corrected chi connectivity index (χ2v) is 8.39. The van der Waals surface area contributed by atoms with Gasteiger partial charge in [0.25, 0.3) is 5.91 Å². The fraction of sp³-hybridized carbons (Fsp3) is 0.0714. The molecule has 0 saturated heterocycles. The minimum atomic E-state index is -0.330. The van der Waals surface area contributed by atoms with E-state index < -0.39 is 0 Å². The number of ether oxygens (including phenoxy) is 1. The van der Waals surface area contributed by atoms with E-state index in [0.717, 1.165) is 32.8 Å². The van der Waals surface area contributed by atoms with Crippen molar-refractivity contribution < 1.29 is 9.53 Å². The Morgan fingerprint density at radius 2 is 1.71 bits per heavy atom. The SMILES string of the molecule is COc1cc2ccccc2cc1C(=O)NN=Cc1cn(Cc2ccc(Cl)cc2)c2ccccc12. The van der Waals surface area contributed by atoms with E-state index in [9.17, 15) is 4.79 Å². The molecule has 168 valence electrons. The molecule has 0 spiro atoms. The molecule has 0 bridgehead atoms. The number of carbonyl (C=O) groups is 1. The molecule has 0 aliphatic carbocycles. The maximum atomic E-state index is 12.9. The summed E-state index contributed by atoms with van der Waals surface area (Å²) in [5.41, 5.74) is 6.22. The number of fused-ring (bicyclic) bond motifs is 2. The molecule has 4 aromatic carbocycles. The molecule has 5 rings (SSSR count). The van der Waals surface area contributed by atoms with Gasteiger partial charge in [-0.3, -0.25) is 4.79 Å². The quantitative estimate of drug-likeness (QED) is 0.236. The zero-order valence-corrected chi connectivity index (χ0v) is 19.3. The third-order valence-corrected chi connectivity index (χ3v) is 6.02. The van der Waals surface area contributed by atoms with Gasteiger partial charge in [0.05, 0.1) is 18.9 Å². The van der Waals surface area contributed by atoms with Crippen LogP contribution in [-0.4, -0.2) is 23.8 Å². The number of para-hydroxylation sites is 1. The van der Waals surface area contributed by atoms with E-state index in [1.54, 1.807) is 13.3 Å². The summed E-state index contributed by atoms with van der Waals surface area (Å²) in [7, 11) is 1.56. The van der Waals surface area contributed by atoms with Crippen LogP contribution in [0, 0.1) is 0 Å². The number of rotatable bonds is 6. The van der Waals surface area contributed by atoms with Crippen molar-refractivity contribution in [3.63, 3.8) is 0 Å². The summed E-state index contributed by atoms with van der Waals surface area (Å²) in [6.07, 6.45) is 3.71. The lowest BCUT2D eigenvalue weighted by molar-refractivity contribution is 0.0952. The number of halogens is 1. The van der Waals surface area contributed by atoms with Crippen molar-refractivity contribution in [2.45, 2.75) is 6.54 Å². The molecule has 0 unspecified atom stereocenters. The zero-order valence-electron chi connectivity index (χ0n) is 18.5. The number of hydrogen-bond donors (Lipinski definition) is 1. The highest BCUT2D eigenvalue weighted by Crippen LogP contribution is 2.26. The number of methoxy groups -OCH3 is 1. The van der Waals surface area contributed by atoms with Gasteiger partial charge in [-0.2, -0.15) is 5.10 Å². The molecule has 1 heterocycles. The molecular weight excluding hydrogens is 446 g/mol. The summed E-state index contributed by atoms with van der Waals surface area (Å²) in [4.78, 5) is 12.9. The minimum Gasteiger partial charge on any atom is -0.496 e. The Kier molecular flexibility index (Phi) is 6.02. The van der Waals surface area contributed by atoms with Crippen LogP contribution in [0.4, 0.5) is 0 Å². The van der Waals surface area contributed by atoms with Crippen LogP contribution in [0.3, 0.4) is 0 Å². The maximum Gasteiger partial charge on any atom is 0.275 e. The molecule has 0 atom stereocenters. The van der Waals surface area contributed by atoms with Gasteiger partial charge in [0.2, 0.25) is 0 Å². The Bertz CT molecular complexity index is 1520. The normalized spacial score (nSPS) is 11.4. The van der Waals surface area contributed by atoms with E-state index in [-0.39, 0.29) is 5.91 Å². The standard InChI is InChI=1S/C28H22ClN3O2/c1-34-27-15-21-7-3-2-6-20(21)14-25(27)28(33)31-30-16-22-18-32(26-9-5-4-8-24(22)26)17-19-10-12-23(29)13-11-19/h2-16,18H,17H2,1H3,(H,31,33). The Hall–Kier alpha value is -4.09. The third-order valence-electron chi connectivity index (χ3n) is 5.77. The lowest BCUT2D eigenvalue weighted by Gasteiger charge is -2.09. The predicted octanol–water partition coefficient (Wildman–Crippen LogP) is 6.27. The van der Waals surface area contributed by atoms with Gasteiger partial charge in [-0.25, -0.2) is 5.43 Å². The monoisotopic (exact) mass is 467 g/mol. The van der Waals surface area contributed by atoms with Gasteiger partial charge >= 0.3 is 0 Å². The summed E-state index contributed by atoms with van der Waals surface area (Å²) < 4.78 is 7.60. The molecular formula is C28H22ClN3O2. The highest BCUT2D eigenvalue weighted by molar-refractivity contribution is 6.30. The molecule has 1 aromatic heterocycles. The van der Waals surface area contributed by atoms with E-state index >= 15 is 0 Å². The number of benzene rings is 4. The van der Waals surface area contributed by atoms with Crippen LogP contribution < -0.4 is 10.2 Å². The molecule has 5 nitrogen and oxygen atoms in total. The lowest BCUT2D eigenvalue weighted by Crippen LogP contribution is -2.18. The average Bonchev–Trinajstić information content (AvgIpc) is 3.21. The highest BCUT2D eigenvalue weighted by Gasteiger charge is 2.13. The number of amides is 1. The van der Waals surface area contributed by atoms with Crippen molar-refractivity contribution >= 4 is 45.4 Å². The minimum absolute atomic E-state index is 0.330. The summed E-state index contributed by atoms with van der Waals surface area (Å²) in [6.45, 7) is 0.701. The van der Waals surface area contributed by atoms with Crippen molar-refractivity contribution in [2.75, 3.05) is 7.11 Å². The van der Waals surface area contributed by atoms with Gasteiger partial charge < -0.3 is 9.30 Å². The third kappa shape index (κ3) is 4.38. The van der Waals surface area contributed by atoms with E-state index in [4.69, 9.17) is 16.3 Å². The second kappa shape index (κ2) is 9.41. The van der Waals surface area contributed by atoms with Crippen molar-refractivity contribution in [3.05, 3.63) is 113 Å². The first-order chi connectivity index (χ1) is 16.6. The lowest BCUT2D eigenvalue weighted by atomic mass is 10.1. The van der Waals surface area contributed by atoms with Crippen molar-refractivity contribution in [1.29, 1.82) is 0 Å². The van der Waals surface area contributed by atoms with Gasteiger partial charge in [-0.05, 0) is 46.7 Å². The summed E-state index contributed by atoms with van der Waals surface area (Å²) >= 11 is 6.02. The molecule has 6 heteroatoms. The smallest absolute Gasteiger partial charge is 0.275 e. The topological polar surface area (TPSA) is 55.6 Å². The number of carbonyl (C=O) groups excluding carboxylic acids is 1. The van der Waals surface area contributed by atoms with E-state index in [1.165, 1.54) is 0 Å². The molecule has 5 aromatic rings. The van der Waals surface area contributed by atoms with Crippen LogP contribution >= 0.6 is 11.6 Å². The van der Waals surface area contributed by atoms with Crippen molar-refractivity contribution in [3.8, 4) is 5.75 Å². The van der Waals surface area contributed by atoms with Crippen molar-refractivity contribution in [1.82, 2.24) is 9.99 Å². The molecule has 34 heavy (non-hydrogen) atoms. The number of hydrogen-bond acceptors (Lipinski definition) is 3. The second-order valence-electron chi connectivity index (χ2n) is 7.95. The molecule has 0 saturated carbocycles. The predicted molar refractivity (Wildman–Crippen MR) is 138 cm³/mol. The number of nitrogens with zero attached hydrogens (tertiary/aromatic N) is 2. The maximum absolute atomic E-state index is 12.9. The Morgan fingerprint density at radius 1 is 1.00 bits per heavy atom. The summed E-state index contributed by atoms with van der Waals surface area (Å²) in [5, 5.41) is 7.98. The van der Waals surface area contributed by atoms with Crippen LogP contribution in [0.15, 0.2) is 96.2 Å². The Balaban J connectivity index is 1.40. The molecule has 0 fully saturated rings. The van der Waals surface area contributed by atoms with Crippen LogP contribution in [0.1, 0.15) is 21.5 Å². The molecule has 0 aliphatic rings. The summed E-state index contributed by atoms with van der Waals surface area (Å²) in [5.74, 6) is 0.176. The van der Waals surface area contributed by atoms with Gasteiger partial charge in [0.1, 0.15) is 5.75 Å². The van der Waals surface area contributed by atoms with E-state index in [2.05, 4.69) is 21.2 Å². The number of hydrazone groups is 1. The molecule has 0 radical (unpaired) electrons. The average molecular weight is 468 g/mol. The van der Waals surface area contributed by atoms with Gasteiger partial charge in [-0.1, -0.05) is 66.2 Å². The molecule has 0 aliphatic heterocycles. The number of aromatic nitrogens is 1. The molecule has 1 N–H and O–H groups in total. The van der Waals surface area contributed by atoms with Gasteiger partial charge in [0, 0.05) is 34.2 Å². The van der Waals surface area contributed by atoms with Crippen LogP contribution in [-0.2, 0) is 6.54 Å². The largest absolute Gasteiger partial charge is 0.496 e. The highest BCUT2D eigenvalue weighted by atomic mass is 35.5. The van der Waals surface area contributed by atoms with E-state index in [1.807, 2.05) is 85.1 Å². The first-order valence-electron chi connectivity index (χ1n) is 10.8.